The number of hydrogen-bond acceptors (Lipinski definition) is 0. The molecule has 0 nitrogen and oxygen atoms in total. The molecule has 0 radical (unpaired) electrons. The maximum Gasteiger partial charge on any atom is 0.0784 e. The Morgan fingerprint density at radius 2 is 0.955 bits per heavy atom. The maximum atomic E-state index is 3.86. The van der Waals surface area contributed by atoms with E-state index in [2.05, 4.69) is 107 Å². The highest BCUT2D eigenvalue weighted by molar-refractivity contribution is 9.12. The van der Waals surface area contributed by atoms with Gasteiger partial charge in [0.05, 0.1) is 5.41 Å². The minimum absolute atomic E-state index is 0.135. The van der Waals surface area contributed by atoms with Crippen molar-refractivity contribution < 1.29 is 0 Å². The van der Waals surface area contributed by atoms with Gasteiger partial charge in [-0.15, -0.1) is 0 Å². The first kappa shape index (κ1) is 13.5. The van der Waals surface area contributed by atoms with Gasteiger partial charge in [-0.2, -0.15) is 0 Å². The van der Waals surface area contributed by atoms with E-state index >= 15 is 0 Å². The van der Waals surface area contributed by atoms with Crippen LogP contribution in [0, 0.1) is 0 Å². The second-order valence-corrected chi connectivity index (χ2v) is 6.33. The third-order valence-electron chi connectivity index (χ3n) is 4.34. The lowest BCUT2D eigenvalue weighted by Crippen LogP contribution is -2.14. The van der Waals surface area contributed by atoms with Gasteiger partial charge < -0.3 is 0 Å². The van der Waals surface area contributed by atoms with Crippen molar-refractivity contribution in [2.75, 3.05) is 0 Å². The molecule has 106 valence electrons. The standard InChI is InChI=1S/C21H15Br/c22-20-19(16-10-4-1-5-11-16)21(20,17-12-6-2-7-13-17)18-14-8-3-9-15-18/h1-15H. The maximum absolute atomic E-state index is 3.86. The molecule has 1 aliphatic carbocycles. The molecule has 0 N–H and O–H groups in total. The van der Waals surface area contributed by atoms with Crippen LogP contribution in [-0.2, 0) is 5.41 Å². The summed E-state index contributed by atoms with van der Waals surface area (Å²) in [5.41, 5.74) is 5.13. The molecular formula is C21H15Br. The Morgan fingerprint density at radius 1 is 0.545 bits per heavy atom. The molecule has 0 unspecified atom stereocenters. The van der Waals surface area contributed by atoms with Crippen LogP contribution in [-0.4, -0.2) is 0 Å². The lowest BCUT2D eigenvalue weighted by Gasteiger charge is -2.21. The first-order valence-electron chi connectivity index (χ1n) is 7.42. The fraction of sp³-hybridized carbons (Fsp3) is 0.0476. The van der Waals surface area contributed by atoms with Crippen LogP contribution in [0.3, 0.4) is 0 Å². The molecular weight excluding hydrogens is 332 g/mol. The quantitative estimate of drug-likeness (QED) is 0.562. The van der Waals surface area contributed by atoms with Gasteiger partial charge >= 0.3 is 0 Å². The van der Waals surface area contributed by atoms with Gasteiger partial charge in [0.2, 0.25) is 0 Å². The van der Waals surface area contributed by atoms with E-state index in [-0.39, 0.29) is 5.41 Å². The summed E-state index contributed by atoms with van der Waals surface area (Å²) in [7, 11) is 0. The average molecular weight is 347 g/mol. The fourth-order valence-electron chi connectivity index (χ4n) is 3.28. The smallest absolute Gasteiger partial charge is 0.0622 e. The zero-order valence-corrected chi connectivity index (χ0v) is 13.6. The minimum Gasteiger partial charge on any atom is -0.0622 e. The van der Waals surface area contributed by atoms with Gasteiger partial charge in [0.1, 0.15) is 0 Å². The van der Waals surface area contributed by atoms with E-state index in [1.54, 1.807) is 0 Å². The van der Waals surface area contributed by atoms with Gasteiger partial charge in [0, 0.05) is 4.48 Å². The zero-order valence-electron chi connectivity index (χ0n) is 12.0. The van der Waals surface area contributed by atoms with Crippen LogP contribution in [0.5, 0.6) is 0 Å². The van der Waals surface area contributed by atoms with Crippen LogP contribution in [0.25, 0.3) is 5.57 Å². The van der Waals surface area contributed by atoms with E-state index in [9.17, 15) is 0 Å². The molecule has 22 heavy (non-hydrogen) atoms. The summed E-state index contributed by atoms with van der Waals surface area (Å²) in [5.74, 6) is 0. The van der Waals surface area contributed by atoms with Crippen molar-refractivity contribution in [1.82, 2.24) is 0 Å². The van der Waals surface area contributed by atoms with Crippen molar-refractivity contribution >= 4 is 21.5 Å². The van der Waals surface area contributed by atoms with Gasteiger partial charge in [-0.05, 0) is 22.3 Å². The summed E-state index contributed by atoms with van der Waals surface area (Å²) >= 11 is 3.86. The fourth-order valence-corrected chi connectivity index (χ4v) is 4.37. The Bertz CT molecular complexity index is 778. The molecule has 0 atom stereocenters. The Morgan fingerprint density at radius 3 is 1.41 bits per heavy atom. The monoisotopic (exact) mass is 346 g/mol. The van der Waals surface area contributed by atoms with Gasteiger partial charge in [-0.25, -0.2) is 0 Å². The largest absolute Gasteiger partial charge is 0.0784 e. The third kappa shape index (κ3) is 1.89. The third-order valence-corrected chi connectivity index (χ3v) is 5.33. The van der Waals surface area contributed by atoms with Crippen LogP contribution in [0.1, 0.15) is 16.7 Å². The van der Waals surface area contributed by atoms with E-state index < -0.39 is 0 Å². The van der Waals surface area contributed by atoms with Crippen LogP contribution < -0.4 is 0 Å². The Hall–Kier alpha value is -2.12. The molecule has 0 aromatic heterocycles. The number of benzene rings is 3. The molecule has 1 aliphatic rings. The molecule has 0 saturated heterocycles. The van der Waals surface area contributed by atoms with Crippen molar-refractivity contribution in [3.63, 3.8) is 0 Å². The summed E-state index contributed by atoms with van der Waals surface area (Å²) in [6, 6.07) is 32.1. The first-order chi connectivity index (χ1) is 10.8. The Kier molecular flexibility index (Phi) is 3.24. The van der Waals surface area contributed by atoms with E-state index in [0.717, 1.165) is 0 Å². The van der Waals surface area contributed by atoms with Crippen LogP contribution in [0.4, 0.5) is 0 Å². The normalized spacial score (nSPS) is 15.7. The number of allylic oxidation sites excluding steroid dienone is 2. The molecule has 1 heteroatoms. The molecule has 3 aromatic carbocycles. The predicted molar refractivity (Wildman–Crippen MR) is 96.0 cm³/mol. The summed E-state index contributed by atoms with van der Waals surface area (Å²) in [5, 5.41) is 0. The lowest BCUT2D eigenvalue weighted by molar-refractivity contribution is 0.938. The molecule has 0 spiro atoms. The van der Waals surface area contributed by atoms with Gasteiger partial charge in [-0.1, -0.05) is 107 Å². The second-order valence-electron chi connectivity index (χ2n) is 5.54. The van der Waals surface area contributed by atoms with Crippen LogP contribution in [0.15, 0.2) is 95.5 Å². The van der Waals surface area contributed by atoms with Gasteiger partial charge in [0.15, 0.2) is 0 Å². The molecule has 4 rings (SSSR count). The lowest BCUT2D eigenvalue weighted by atomic mass is 9.81. The van der Waals surface area contributed by atoms with Crippen molar-refractivity contribution in [3.05, 3.63) is 112 Å². The van der Waals surface area contributed by atoms with Crippen LogP contribution >= 0.6 is 15.9 Å². The molecule has 0 fully saturated rings. The molecule has 0 amide bonds. The summed E-state index contributed by atoms with van der Waals surface area (Å²) in [6.45, 7) is 0. The van der Waals surface area contributed by atoms with E-state index in [0.29, 0.717) is 0 Å². The van der Waals surface area contributed by atoms with E-state index in [1.165, 1.54) is 26.7 Å². The highest BCUT2D eigenvalue weighted by Gasteiger charge is 2.55. The Balaban J connectivity index is 1.91. The molecule has 0 aliphatic heterocycles. The number of halogens is 1. The topological polar surface area (TPSA) is 0 Å². The average Bonchev–Trinajstić information content (AvgIpc) is 3.24. The van der Waals surface area contributed by atoms with Crippen molar-refractivity contribution in [2.45, 2.75) is 5.41 Å². The van der Waals surface area contributed by atoms with E-state index in [1.807, 2.05) is 0 Å². The molecule has 0 heterocycles. The molecule has 0 bridgehead atoms. The first-order valence-corrected chi connectivity index (χ1v) is 8.21. The summed E-state index contributed by atoms with van der Waals surface area (Å²) < 4.78 is 1.27. The SMILES string of the molecule is BrC1=C(c2ccccc2)C1(c1ccccc1)c1ccccc1. The highest BCUT2D eigenvalue weighted by Crippen LogP contribution is 2.65. The highest BCUT2D eigenvalue weighted by atomic mass is 79.9. The molecule has 0 saturated carbocycles. The van der Waals surface area contributed by atoms with Crippen molar-refractivity contribution in [3.8, 4) is 0 Å². The van der Waals surface area contributed by atoms with Gasteiger partial charge in [0.25, 0.3) is 0 Å². The number of hydrogen-bond donors (Lipinski definition) is 0. The number of rotatable bonds is 3. The second kappa shape index (κ2) is 5.26. The zero-order chi connectivity index (χ0) is 15.0. The summed E-state index contributed by atoms with van der Waals surface area (Å²) in [6.07, 6.45) is 0. The Labute approximate surface area is 139 Å². The predicted octanol–water partition coefficient (Wildman–Crippen LogP) is 5.79. The van der Waals surface area contributed by atoms with Crippen molar-refractivity contribution in [1.29, 1.82) is 0 Å². The van der Waals surface area contributed by atoms with E-state index in [4.69, 9.17) is 0 Å². The molecule has 3 aromatic rings. The van der Waals surface area contributed by atoms with Crippen molar-refractivity contribution in [2.24, 2.45) is 0 Å². The minimum atomic E-state index is -0.135. The van der Waals surface area contributed by atoms with Crippen LogP contribution in [0.2, 0.25) is 0 Å². The van der Waals surface area contributed by atoms with Gasteiger partial charge in [-0.3, -0.25) is 0 Å². The summed E-state index contributed by atoms with van der Waals surface area (Å²) in [4.78, 5) is 0.